The number of piperidine rings is 1. The Bertz CT molecular complexity index is 770. The van der Waals surface area contributed by atoms with Crippen molar-refractivity contribution in [1.29, 1.82) is 0 Å². The number of fused-ring (bicyclic) bond motifs is 2. The van der Waals surface area contributed by atoms with Gasteiger partial charge in [-0.2, -0.15) is 0 Å². The van der Waals surface area contributed by atoms with Gasteiger partial charge in [0.15, 0.2) is 0 Å². The molecule has 4 nitrogen and oxygen atoms in total. The zero-order valence-corrected chi connectivity index (χ0v) is 20.5. The van der Waals surface area contributed by atoms with Crippen molar-refractivity contribution in [3.8, 4) is 5.75 Å². The van der Waals surface area contributed by atoms with Crippen molar-refractivity contribution in [2.45, 2.75) is 108 Å². The SMILES string of the molecule is O=C(C1CCCCC1)N(CCN1C2CCC1CC(c1cccc(O)c1)C2)CC1CCCCC1. The van der Waals surface area contributed by atoms with Crippen molar-refractivity contribution in [2.75, 3.05) is 19.6 Å². The monoisotopic (exact) mass is 452 g/mol. The van der Waals surface area contributed by atoms with Crippen LogP contribution in [0.15, 0.2) is 24.3 Å². The number of phenolic OH excluding ortho intramolecular Hbond substituents is 1. The van der Waals surface area contributed by atoms with Crippen LogP contribution in [0.5, 0.6) is 5.75 Å². The standard InChI is InChI=1S/C29H44N2O2/c32-28-13-7-12-24(20-28)25-18-26-14-15-27(19-25)31(26)17-16-30(21-22-8-3-1-4-9-22)29(33)23-10-5-2-6-11-23/h7,12-13,20,22-23,25-27,32H,1-6,8-11,14-19,21H2. The summed E-state index contributed by atoms with van der Waals surface area (Å²) in [4.78, 5) is 18.6. The second-order valence-electron chi connectivity index (χ2n) is 11.5. The summed E-state index contributed by atoms with van der Waals surface area (Å²) in [7, 11) is 0. The Morgan fingerprint density at radius 1 is 0.909 bits per heavy atom. The molecule has 33 heavy (non-hydrogen) atoms. The lowest BCUT2D eigenvalue weighted by molar-refractivity contribution is -0.137. The fourth-order valence-electron chi connectivity index (χ4n) is 7.51. The third-order valence-electron chi connectivity index (χ3n) is 9.32. The molecule has 2 heterocycles. The van der Waals surface area contributed by atoms with Gasteiger partial charge in [-0.3, -0.25) is 9.69 Å². The molecule has 2 saturated carbocycles. The fourth-order valence-corrected chi connectivity index (χ4v) is 7.51. The van der Waals surface area contributed by atoms with E-state index in [-0.39, 0.29) is 5.92 Å². The molecule has 4 aliphatic rings. The first kappa shape index (κ1) is 23.2. The number of rotatable bonds is 7. The van der Waals surface area contributed by atoms with Gasteiger partial charge in [-0.05, 0) is 80.9 Å². The third-order valence-corrected chi connectivity index (χ3v) is 9.32. The fraction of sp³-hybridized carbons (Fsp3) is 0.759. The summed E-state index contributed by atoms with van der Waals surface area (Å²) in [6.45, 7) is 2.98. The van der Waals surface area contributed by atoms with E-state index in [0.717, 1.165) is 38.4 Å². The van der Waals surface area contributed by atoms with Crippen LogP contribution in [-0.2, 0) is 4.79 Å². The van der Waals surface area contributed by atoms with E-state index in [9.17, 15) is 9.90 Å². The third kappa shape index (κ3) is 5.58. The minimum Gasteiger partial charge on any atom is -0.508 e. The maximum absolute atomic E-state index is 13.6. The van der Waals surface area contributed by atoms with Gasteiger partial charge >= 0.3 is 0 Å². The summed E-state index contributed by atoms with van der Waals surface area (Å²) < 4.78 is 0. The maximum atomic E-state index is 13.6. The number of hydrogen-bond acceptors (Lipinski definition) is 3. The van der Waals surface area contributed by atoms with Crippen LogP contribution in [0.3, 0.4) is 0 Å². The molecule has 1 amide bonds. The van der Waals surface area contributed by atoms with Crippen LogP contribution in [0.25, 0.3) is 0 Å². The molecule has 0 radical (unpaired) electrons. The van der Waals surface area contributed by atoms with Gasteiger partial charge in [-0.25, -0.2) is 0 Å². The normalized spacial score (nSPS) is 29.3. The predicted octanol–water partition coefficient (Wildman–Crippen LogP) is 6.09. The molecule has 5 rings (SSSR count). The highest BCUT2D eigenvalue weighted by molar-refractivity contribution is 5.79. The molecule has 2 unspecified atom stereocenters. The van der Waals surface area contributed by atoms with Crippen LogP contribution in [0.2, 0.25) is 0 Å². The van der Waals surface area contributed by atoms with E-state index in [4.69, 9.17) is 0 Å². The van der Waals surface area contributed by atoms with Crippen molar-refractivity contribution in [2.24, 2.45) is 11.8 Å². The summed E-state index contributed by atoms with van der Waals surface area (Å²) in [5.41, 5.74) is 1.30. The smallest absolute Gasteiger partial charge is 0.225 e. The van der Waals surface area contributed by atoms with Gasteiger partial charge in [0.2, 0.25) is 5.91 Å². The van der Waals surface area contributed by atoms with Crippen LogP contribution in [0, 0.1) is 11.8 Å². The van der Waals surface area contributed by atoms with Crippen LogP contribution in [-0.4, -0.2) is 52.5 Å². The Balaban J connectivity index is 1.21. The minimum atomic E-state index is 0.288. The highest BCUT2D eigenvalue weighted by Crippen LogP contribution is 2.43. The molecule has 2 saturated heterocycles. The average Bonchev–Trinajstić information content (AvgIpc) is 3.08. The Kier molecular flexibility index (Phi) is 7.59. The zero-order chi connectivity index (χ0) is 22.6. The highest BCUT2D eigenvalue weighted by atomic mass is 16.3. The number of benzene rings is 1. The molecule has 2 atom stereocenters. The molecule has 4 heteroatoms. The Morgan fingerprint density at radius 3 is 2.24 bits per heavy atom. The molecular weight excluding hydrogens is 408 g/mol. The van der Waals surface area contributed by atoms with E-state index in [2.05, 4.69) is 15.9 Å². The van der Waals surface area contributed by atoms with Gasteiger partial charge in [0.05, 0.1) is 0 Å². The van der Waals surface area contributed by atoms with Crippen LogP contribution >= 0.6 is 0 Å². The van der Waals surface area contributed by atoms with Gasteiger partial charge in [-0.1, -0.05) is 50.7 Å². The van der Waals surface area contributed by atoms with E-state index >= 15 is 0 Å². The molecule has 1 N–H and O–H groups in total. The zero-order valence-electron chi connectivity index (χ0n) is 20.5. The molecule has 2 aliphatic carbocycles. The molecule has 0 spiro atoms. The molecule has 2 bridgehead atoms. The molecule has 182 valence electrons. The summed E-state index contributed by atoms with van der Waals surface area (Å²) in [6, 6.07) is 9.19. The topological polar surface area (TPSA) is 43.8 Å². The van der Waals surface area contributed by atoms with Crippen molar-refractivity contribution in [3.63, 3.8) is 0 Å². The number of nitrogens with zero attached hydrogens (tertiary/aromatic N) is 2. The van der Waals surface area contributed by atoms with Gasteiger partial charge < -0.3 is 10.0 Å². The van der Waals surface area contributed by atoms with Gasteiger partial charge in [-0.15, -0.1) is 0 Å². The highest BCUT2D eigenvalue weighted by Gasteiger charge is 2.41. The van der Waals surface area contributed by atoms with Crippen LogP contribution in [0.1, 0.15) is 101 Å². The number of carbonyl (C=O) groups is 1. The largest absolute Gasteiger partial charge is 0.508 e. The number of carbonyl (C=O) groups excluding carboxylic acids is 1. The lowest BCUT2D eigenvalue weighted by Crippen LogP contribution is -2.49. The van der Waals surface area contributed by atoms with E-state index in [1.807, 2.05) is 12.1 Å². The van der Waals surface area contributed by atoms with Crippen molar-refractivity contribution < 1.29 is 9.90 Å². The summed E-state index contributed by atoms with van der Waals surface area (Å²) in [6.07, 6.45) is 17.7. The van der Waals surface area contributed by atoms with Crippen molar-refractivity contribution in [3.05, 3.63) is 29.8 Å². The quantitative estimate of drug-likeness (QED) is 0.544. The summed E-state index contributed by atoms with van der Waals surface area (Å²) in [5.74, 6) is 2.44. The number of amides is 1. The van der Waals surface area contributed by atoms with Crippen LogP contribution < -0.4 is 0 Å². The van der Waals surface area contributed by atoms with Crippen molar-refractivity contribution in [1.82, 2.24) is 9.80 Å². The first-order valence-corrected chi connectivity index (χ1v) is 14.0. The number of hydrogen-bond donors (Lipinski definition) is 1. The first-order valence-electron chi connectivity index (χ1n) is 14.0. The van der Waals surface area contributed by atoms with Gasteiger partial charge in [0.1, 0.15) is 5.75 Å². The Morgan fingerprint density at radius 2 is 1.58 bits per heavy atom. The van der Waals surface area contributed by atoms with E-state index < -0.39 is 0 Å². The number of aromatic hydroxyl groups is 1. The lowest BCUT2D eigenvalue weighted by atomic mass is 9.85. The first-order chi connectivity index (χ1) is 16.2. The second kappa shape index (κ2) is 10.8. The van der Waals surface area contributed by atoms with Crippen molar-refractivity contribution >= 4 is 5.91 Å². The Hall–Kier alpha value is -1.55. The lowest BCUT2D eigenvalue weighted by Gasteiger charge is -2.41. The maximum Gasteiger partial charge on any atom is 0.225 e. The second-order valence-corrected chi connectivity index (χ2v) is 11.5. The van der Waals surface area contributed by atoms with E-state index in [1.54, 1.807) is 6.07 Å². The van der Waals surface area contributed by atoms with E-state index in [0.29, 0.717) is 29.7 Å². The molecule has 2 aliphatic heterocycles. The summed E-state index contributed by atoms with van der Waals surface area (Å²) in [5, 5.41) is 9.93. The van der Waals surface area contributed by atoms with Crippen LogP contribution in [0.4, 0.5) is 0 Å². The van der Waals surface area contributed by atoms with E-state index in [1.165, 1.54) is 82.6 Å². The van der Waals surface area contributed by atoms with Gasteiger partial charge in [0, 0.05) is 37.6 Å². The Labute approximate surface area is 200 Å². The molecular formula is C29H44N2O2. The number of phenols is 1. The van der Waals surface area contributed by atoms with Gasteiger partial charge in [0.25, 0.3) is 0 Å². The minimum absolute atomic E-state index is 0.288. The molecule has 0 aromatic heterocycles. The molecule has 1 aromatic carbocycles. The predicted molar refractivity (Wildman–Crippen MR) is 133 cm³/mol. The average molecular weight is 453 g/mol. The molecule has 1 aromatic rings. The summed E-state index contributed by atoms with van der Waals surface area (Å²) >= 11 is 0. The molecule has 4 fully saturated rings.